The van der Waals surface area contributed by atoms with E-state index in [0.717, 1.165) is 27.3 Å². The molecule has 2 N–H and O–H groups in total. The zero-order valence-corrected chi connectivity index (χ0v) is 21.5. The standard InChI is InChI=1S/C28H21ClN4O3S/c1-16-8-6-13-22(17(16)2)33-26(35)23(29)24(27(33)36)30-20-12-7-11-19(14-20)25(34)32-28-31-21(15-37-28)18-9-4-3-5-10-18/h3-15,30H,1-2H3,(H,31,32,34). The lowest BCUT2D eigenvalue weighted by molar-refractivity contribution is -0.120. The number of amides is 3. The highest BCUT2D eigenvalue weighted by Gasteiger charge is 2.39. The Balaban J connectivity index is 1.33. The lowest BCUT2D eigenvalue weighted by Gasteiger charge is -2.18. The predicted octanol–water partition coefficient (Wildman–Crippen LogP) is 6.11. The van der Waals surface area contributed by atoms with Crippen LogP contribution in [-0.2, 0) is 9.59 Å². The number of anilines is 3. The average Bonchev–Trinajstić information content (AvgIpc) is 3.45. The molecule has 0 bridgehead atoms. The van der Waals surface area contributed by atoms with E-state index >= 15 is 0 Å². The molecule has 2 heterocycles. The number of nitrogens with one attached hydrogen (secondary N) is 2. The summed E-state index contributed by atoms with van der Waals surface area (Å²) in [5, 5.41) is 7.87. The highest BCUT2D eigenvalue weighted by Crippen LogP contribution is 2.33. The first-order valence-corrected chi connectivity index (χ1v) is 12.6. The minimum atomic E-state index is -0.602. The molecule has 0 saturated heterocycles. The van der Waals surface area contributed by atoms with Crippen LogP contribution in [0.4, 0.5) is 16.5 Å². The second-order valence-corrected chi connectivity index (χ2v) is 9.65. The summed E-state index contributed by atoms with van der Waals surface area (Å²) in [5.41, 5.74) is 4.72. The fourth-order valence-electron chi connectivity index (χ4n) is 3.93. The minimum Gasteiger partial charge on any atom is -0.350 e. The van der Waals surface area contributed by atoms with Crippen molar-refractivity contribution in [3.63, 3.8) is 0 Å². The summed E-state index contributed by atoms with van der Waals surface area (Å²) >= 11 is 7.62. The van der Waals surface area contributed by atoms with Gasteiger partial charge in [0.25, 0.3) is 17.7 Å². The number of benzene rings is 3. The molecule has 1 aromatic heterocycles. The summed E-state index contributed by atoms with van der Waals surface area (Å²) in [5.74, 6) is -1.52. The van der Waals surface area contributed by atoms with Crippen molar-refractivity contribution in [3.8, 4) is 11.3 Å². The largest absolute Gasteiger partial charge is 0.350 e. The van der Waals surface area contributed by atoms with Gasteiger partial charge in [-0.25, -0.2) is 9.88 Å². The van der Waals surface area contributed by atoms with Gasteiger partial charge in [0.2, 0.25) is 0 Å². The van der Waals surface area contributed by atoms with Crippen molar-refractivity contribution in [1.29, 1.82) is 0 Å². The van der Waals surface area contributed by atoms with Crippen LogP contribution in [0.25, 0.3) is 11.3 Å². The Bertz CT molecular complexity index is 1580. The van der Waals surface area contributed by atoms with Crippen LogP contribution in [0.5, 0.6) is 0 Å². The minimum absolute atomic E-state index is 0.0439. The number of hydrogen-bond acceptors (Lipinski definition) is 6. The van der Waals surface area contributed by atoms with Gasteiger partial charge in [0.05, 0.1) is 11.4 Å². The third kappa shape index (κ3) is 4.76. The molecule has 0 aliphatic carbocycles. The molecule has 184 valence electrons. The van der Waals surface area contributed by atoms with Gasteiger partial charge < -0.3 is 5.32 Å². The zero-order valence-electron chi connectivity index (χ0n) is 19.9. The van der Waals surface area contributed by atoms with Crippen molar-refractivity contribution < 1.29 is 14.4 Å². The highest BCUT2D eigenvalue weighted by atomic mass is 35.5. The molecule has 0 radical (unpaired) electrons. The summed E-state index contributed by atoms with van der Waals surface area (Å²) in [6.07, 6.45) is 0. The molecule has 0 unspecified atom stereocenters. The number of thiazole rings is 1. The molecule has 37 heavy (non-hydrogen) atoms. The van der Waals surface area contributed by atoms with Crippen LogP contribution >= 0.6 is 22.9 Å². The second kappa shape index (κ2) is 10.0. The first-order chi connectivity index (χ1) is 17.8. The molecule has 5 rings (SSSR count). The van der Waals surface area contributed by atoms with E-state index in [-0.39, 0.29) is 16.6 Å². The van der Waals surface area contributed by atoms with E-state index in [0.29, 0.717) is 22.1 Å². The summed E-state index contributed by atoms with van der Waals surface area (Å²) in [4.78, 5) is 44.5. The number of aryl methyl sites for hydroxylation is 1. The maximum absolute atomic E-state index is 13.2. The Kier molecular flexibility index (Phi) is 6.60. The van der Waals surface area contributed by atoms with E-state index in [9.17, 15) is 14.4 Å². The molecule has 4 aromatic rings. The lowest BCUT2D eigenvalue weighted by Crippen LogP contribution is -2.33. The molecule has 9 heteroatoms. The van der Waals surface area contributed by atoms with Crippen LogP contribution in [0.1, 0.15) is 21.5 Å². The van der Waals surface area contributed by atoms with Crippen LogP contribution in [-0.4, -0.2) is 22.7 Å². The molecular formula is C28H21ClN4O3S. The fourth-order valence-corrected chi connectivity index (χ4v) is 4.86. The number of halogens is 1. The molecule has 0 fully saturated rings. The van der Waals surface area contributed by atoms with E-state index in [1.165, 1.54) is 11.3 Å². The smallest absolute Gasteiger partial charge is 0.283 e. The Morgan fingerprint density at radius 3 is 2.49 bits per heavy atom. The highest BCUT2D eigenvalue weighted by molar-refractivity contribution is 7.14. The molecule has 0 atom stereocenters. The molecule has 0 spiro atoms. The predicted molar refractivity (Wildman–Crippen MR) is 147 cm³/mol. The Labute approximate surface area is 222 Å². The molecule has 1 aliphatic heterocycles. The van der Waals surface area contributed by atoms with Gasteiger partial charge in [-0.2, -0.15) is 0 Å². The third-order valence-corrected chi connectivity index (χ3v) is 7.14. The zero-order chi connectivity index (χ0) is 26.1. The summed E-state index contributed by atoms with van der Waals surface area (Å²) in [6.45, 7) is 3.75. The van der Waals surface area contributed by atoms with Crippen LogP contribution in [0, 0.1) is 13.8 Å². The van der Waals surface area contributed by atoms with E-state index in [4.69, 9.17) is 11.6 Å². The number of aromatic nitrogens is 1. The first kappa shape index (κ1) is 24.4. The Hall–Kier alpha value is -4.27. The number of hydrogen-bond donors (Lipinski definition) is 2. The van der Waals surface area contributed by atoms with Crippen molar-refractivity contribution in [1.82, 2.24) is 4.98 Å². The monoisotopic (exact) mass is 528 g/mol. The van der Waals surface area contributed by atoms with Crippen molar-refractivity contribution in [2.75, 3.05) is 15.5 Å². The quantitative estimate of drug-likeness (QED) is 0.294. The summed E-state index contributed by atoms with van der Waals surface area (Å²) in [6, 6.07) is 21.7. The maximum atomic E-state index is 13.2. The third-order valence-electron chi connectivity index (χ3n) is 6.03. The van der Waals surface area contributed by atoms with Crippen molar-refractivity contribution in [2.45, 2.75) is 13.8 Å². The summed E-state index contributed by atoms with van der Waals surface area (Å²) < 4.78 is 0. The van der Waals surface area contributed by atoms with Gasteiger partial charge in [0.1, 0.15) is 10.7 Å². The number of rotatable bonds is 6. The van der Waals surface area contributed by atoms with E-state index < -0.39 is 11.8 Å². The second-order valence-electron chi connectivity index (χ2n) is 8.42. The van der Waals surface area contributed by atoms with Crippen molar-refractivity contribution >= 4 is 57.2 Å². The number of imide groups is 1. The number of carbonyl (C=O) groups is 3. The molecular weight excluding hydrogens is 508 g/mol. The molecule has 7 nitrogen and oxygen atoms in total. The van der Waals surface area contributed by atoms with Gasteiger partial charge in [-0.3, -0.25) is 19.7 Å². The van der Waals surface area contributed by atoms with Gasteiger partial charge in [-0.05, 0) is 49.2 Å². The van der Waals surface area contributed by atoms with Gasteiger partial charge >= 0.3 is 0 Å². The normalized spacial score (nSPS) is 13.3. The lowest BCUT2D eigenvalue weighted by atomic mass is 10.1. The SMILES string of the molecule is Cc1cccc(N2C(=O)C(Cl)=C(Nc3cccc(C(=O)Nc4nc(-c5ccccc5)cs4)c3)C2=O)c1C. The van der Waals surface area contributed by atoms with Crippen LogP contribution in [0.2, 0.25) is 0 Å². The van der Waals surface area contributed by atoms with Gasteiger partial charge in [0, 0.05) is 22.2 Å². The number of carbonyl (C=O) groups excluding carboxylic acids is 3. The molecule has 3 aromatic carbocycles. The topological polar surface area (TPSA) is 91.4 Å². The Morgan fingerprint density at radius 2 is 1.70 bits per heavy atom. The van der Waals surface area contributed by atoms with E-state index in [2.05, 4.69) is 15.6 Å². The number of nitrogens with zero attached hydrogens (tertiary/aromatic N) is 2. The Morgan fingerprint density at radius 1 is 0.946 bits per heavy atom. The van der Waals surface area contributed by atoms with Crippen LogP contribution in [0.15, 0.2) is 88.9 Å². The van der Waals surface area contributed by atoms with Gasteiger partial charge in [0.15, 0.2) is 5.13 Å². The van der Waals surface area contributed by atoms with Gasteiger partial charge in [-0.1, -0.05) is 60.1 Å². The van der Waals surface area contributed by atoms with E-state index in [1.54, 1.807) is 36.4 Å². The fraction of sp³-hybridized carbons (Fsp3) is 0.0714. The van der Waals surface area contributed by atoms with E-state index in [1.807, 2.05) is 55.6 Å². The summed E-state index contributed by atoms with van der Waals surface area (Å²) in [7, 11) is 0. The maximum Gasteiger partial charge on any atom is 0.283 e. The van der Waals surface area contributed by atoms with Crippen molar-refractivity contribution in [2.24, 2.45) is 0 Å². The molecule has 3 amide bonds. The first-order valence-electron chi connectivity index (χ1n) is 11.4. The van der Waals surface area contributed by atoms with Gasteiger partial charge in [-0.15, -0.1) is 11.3 Å². The van der Waals surface area contributed by atoms with Crippen LogP contribution in [0.3, 0.4) is 0 Å². The molecule has 1 aliphatic rings. The van der Waals surface area contributed by atoms with Crippen LogP contribution < -0.4 is 15.5 Å². The molecule has 0 saturated carbocycles. The average molecular weight is 529 g/mol. The van der Waals surface area contributed by atoms with Crippen molar-refractivity contribution in [3.05, 3.63) is 106 Å².